The van der Waals surface area contributed by atoms with Crippen molar-refractivity contribution >= 4 is 17.5 Å². The summed E-state index contributed by atoms with van der Waals surface area (Å²) in [5, 5.41) is 14.9. The molecule has 0 unspecified atom stereocenters. The third kappa shape index (κ3) is 4.77. The van der Waals surface area contributed by atoms with Gasteiger partial charge in [-0.1, -0.05) is 25.7 Å². The van der Waals surface area contributed by atoms with E-state index < -0.39 is 0 Å². The quantitative estimate of drug-likeness (QED) is 0.834. The maximum atomic E-state index is 12.3. The minimum atomic E-state index is -0.114. The van der Waals surface area contributed by atoms with Crippen molar-refractivity contribution in [2.45, 2.75) is 44.6 Å². The molecule has 1 amide bonds. The molecule has 0 aliphatic heterocycles. The summed E-state index contributed by atoms with van der Waals surface area (Å²) in [7, 11) is 0. The molecule has 3 rings (SSSR count). The van der Waals surface area contributed by atoms with Crippen molar-refractivity contribution in [2.24, 2.45) is 0 Å². The number of nitrogens with one attached hydrogen (secondary N) is 2. The molecule has 1 aliphatic rings. The number of rotatable bonds is 4. The van der Waals surface area contributed by atoms with Gasteiger partial charge >= 0.3 is 0 Å². The van der Waals surface area contributed by atoms with Crippen LogP contribution >= 0.6 is 0 Å². The lowest BCUT2D eigenvalue weighted by molar-refractivity contribution is 0.0932. The molecule has 1 fully saturated rings. The molecule has 0 radical (unpaired) electrons. The fourth-order valence-corrected chi connectivity index (χ4v) is 2.96. The average Bonchev–Trinajstić information content (AvgIpc) is 2.91. The van der Waals surface area contributed by atoms with Crippen LogP contribution in [0.25, 0.3) is 0 Å². The normalized spacial score (nSPS) is 15.0. The van der Waals surface area contributed by atoms with Gasteiger partial charge in [0.25, 0.3) is 5.91 Å². The molecular formula is C19H21N5O. The summed E-state index contributed by atoms with van der Waals surface area (Å²) in [6.45, 7) is 0. The molecule has 1 aromatic carbocycles. The largest absolute Gasteiger partial charge is 0.349 e. The van der Waals surface area contributed by atoms with Gasteiger partial charge in [-0.3, -0.25) is 4.79 Å². The summed E-state index contributed by atoms with van der Waals surface area (Å²) >= 11 is 0. The second-order valence-corrected chi connectivity index (χ2v) is 6.27. The van der Waals surface area contributed by atoms with Gasteiger partial charge in [0.1, 0.15) is 0 Å². The second kappa shape index (κ2) is 8.25. The Morgan fingerprint density at radius 3 is 2.28 bits per heavy atom. The van der Waals surface area contributed by atoms with E-state index in [1.54, 1.807) is 24.3 Å². The molecule has 1 heterocycles. The van der Waals surface area contributed by atoms with E-state index in [-0.39, 0.29) is 11.9 Å². The van der Waals surface area contributed by atoms with Crippen molar-refractivity contribution in [3.05, 3.63) is 47.8 Å². The van der Waals surface area contributed by atoms with Crippen LogP contribution < -0.4 is 10.6 Å². The molecule has 2 aromatic rings. The molecule has 6 nitrogen and oxygen atoms in total. The number of amides is 1. The number of aromatic nitrogens is 2. The summed E-state index contributed by atoms with van der Waals surface area (Å²) in [6.07, 6.45) is 10.0. The third-order valence-electron chi connectivity index (χ3n) is 4.37. The third-order valence-corrected chi connectivity index (χ3v) is 4.37. The van der Waals surface area contributed by atoms with E-state index in [2.05, 4.69) is 26.7 Å². The summed E-state index contributed by atoms with van der Waals surface area (Å²) < 4.78 is 0. The molecule has 128 valence electrons. The summed E-state index contributed by atoms with van der Waals surface area (Å²) in [5.74, 6) is 0.299. The highest BCUT2D eigenvalue weighted by molar-refractivity contribution is 5.93. The number of carbonyl (C=O) groups is 1. The fraction of sp³-hybridized carbons (Fsp3) is 0.368. The fourth-order valence-electron chi connectivity index (χ4n) is 2.96. The highest BCUT2D eigenvalue weighted by Crippen LogP contribution is 2.18. The van der Waals surface area contributed by atoms with Crippen molar-refractivity contribution in [1.82, 2.24) is 15.3 Å². The molecular weight excluding hydrogens is 314 g/mol. The van der Waals surface area contributed by atoms with Crippen molar-refractivity contribution in [1.29, 1.82) is 5.26 Å². The van der Waals surface area contributed by atoms with E-state index in [1.165, 1.54) is 38.1 Å². The zero-order valence-electron chi connectivity index (χ0n) is 14.0. The van der Waals surface area contributed by atoms with Gasteiger partial charge in [0.2, 0.25) is 5.95 Å². The Balaban J connectivity index is 1.59. The second-order valence-electron chi connectivity index (χ2n) is 6.27. The number of nitriles is 1. The highest BCUT2D eigenvalue weighted by Gasteiger charge is 2.16. The zero-order valence-corrected chi connectivity index (χ0v) is 14.0. The topological polar surface area (TPSA) is 90.7 Å². The molecule has 0 saturated heterocycles. The van der Waals surface area contributed by atoms with Crippen molar-refractivity contribution in [3.8, 4) is 6.07 Å². The standard InChI is InChI=1S/C19H21N5O/c20-11-14-7-9-17(10-8-14)24-19-21-12-15(13-22-19)18(25)23-16-5-3-1-2-4-6-16/h7-10,12-13,16H,1-6H2,(H,23,25)(H,21,22,24). The van der Waals surface area contributed by atoms with Crippen LogP contribution in [0.5, 0.6) is 0 Å². The molecule has 2 N–H and O–H groups in total. The first-order chi connectivity index (χ1) is 12.2. The number of anilines is 2. The van der Waals surface area contributed by atoms with Gasteiger partial charge in [-0.15, -0.1) is 0 Å². The van der Waals surface area contributed by atoms with E-state index >= 15 is 0 Å². The SMILES string of the molecule is N#Cc1ccc(Nc2ncc(C(=O)NC3CCCCCC3)cn2)cc1. The Kier molecular flexibility index (Phi) is 5.57. The molecule has 1 saturated carbocycles. The zero-order chi connectivity index (χ0) is 17.5. The van der Waals surface area contributed by atoms with Gasteiger partial charge in [0, 0.05) is 24.1 Å². The van der Waals surface area contributed by atoms with E-state index in [4.69, 9.17) is 5.26 Å². The Labute approximate surface area is 147 Å². The van der Waals surface area contributed by atoms with Gasteiger partial charge < -0.3 is 10.6 Å². The number of carbonyl (C=O) groups excluding carboxylic acids is 1. The first-order valence-electron chi connectivity index (χ1n) is 8.65. The minimum absolute atomic E-state index is 0.114. The van der Waals surface area contributed by atoms with E-state index in [0.717, 1.165) is 18.5 Å². The Bertz CT molecular complexity index is 741. The average molecular weight is 335 g/mol. The highest BCUT2D eigenvalue weighted by atomic mass is 16.1. The lowest BCUT2D eigenvalue weighted by Crippen LogP contribution is -2.34. The monoisotopic (exact) mass is 335 g/mol. The van der Waals surface area contributed by atoms with Crippen LogP contribution in [-0.2, 0) is 0 Å². The Morgan fingerprint density at radius 2 is 1.68 bits per heavy atom. The predicted octanol–water partition coefficient (Wildman–Crippen LogP) is 3.54. The molecule has 1 aromatic heterocycles. The number of benzene rings is 1. The van der Waals surface area contributed by atoms with Crippen molar-refractivity contribution < 1.29 is 4.79 Å². The lowest BCUT2D eigenvalue weighted by atomic mass is 10.1. The van der Waals surface area contributed by atoms with Gasteiger partial charge in [-0.05, 0) is 37.1 Å². The first kappa shape index (κ1) is 16.9. The van der Waals surface area contributed by atoms with Crippen molar-refractivity contribution in [3.63, 3.8) is 0 Å². The summed E-state index contributed by atoms with van der Waals surface area (Å²) in [5.41, 5.74) is 1.85. The van der Waals surface area contributed by atoms with Crippen LogP contribution in [0.4, 0.5) is 11.6 Å². The molecule has 0 atom stereocenters. The van der Waals surface area contributed by atoms with Crippen LogP contribution in [0.15, 0.2) is 36.7 Å². The predicted molar refractivity (Wildman–Crippen MR) is 95.4 cm³/mol. The number of hydrogen-bond donors (Lipinski definition) is 2. The first-order valence-corrected chi connectivity index (χ1v) is 8.65. The lowest BCUT2D eigenvalue weighted by Gasteiger charge is -2.16. The van der Waals surface area contributed by atoms with Crippen LogP contribution in [0.2, 0.25) is 0 Å². The van der Waals surface area contributed by atoms with Gasteiger partial charge in [-0.2, -0.15) is 5.26 Å². The smallest absolute Gasteiger partial charge is 0.254 e. The molecule has 25 heavy (non-hydrogen) atoms. The molecule has 1 aliphatic carbocycles. The Morgan fingerprint density at radius 1 is 1.04 bits per heavy atom. The molecule has 0 bridgehead atoms. The van der Waals surface area contributed by atoms with Crippen LogP contribution in [-0.4, -0.2) is 21.9 Å². The van der Waals surface area contributed by atoms with Crippen LogP contribution in [0.3, 0.4) is 0 Å². The Hall–Kier alpha value is -2.94. The van der Waals surface area contributed by atoms with Crippen LogP contribution in [0.1, 0.15) is 54.4 Å². The maximum Gasteiger partial charge on any atom is 0.254 e. The van der Waals surface area contributed by atoms with E-state index in [9.17, 15) is 4.79 Å². The van der Waals surface area contributed by atoms with Crippen LogP contribution in [0, 0.1) is 11.3 Å². The molecule has 6 heteroatoms. The minimum Gasteiger partial charge on any atom is -0.349 e. The van der Waals surface area contributed by atoms with E-state index in [1.807, 2.05) is 0 Å². The van der Waals surface area contributed by atoms with Gasteiger partial charge in [0.15, 0.2) is 0 Å². The number of hydrogen-bond acceptors (Lipinski definition) is 5. The maximum absolute atomic E-state index is 12.3. The van der Waals surface area contributed by atoms with E-state index in [0.29, 0.717) is 17.1 Å². The number of nitrogens with zero attached hydrogens (tertiary/aromatic N) is 3. The molecule has 0 spiro atoms. The summed E-state index contributed by atoms with van der Waals surface area (Å²) in [4.78, 5) is 20.7. The van der Waals surface area contributed by atoms with Gasteiger partial charge in [-0.25, -0.2) is 9.97 Å². The van der Waals surface area contributed by atoms with Gasteiger partial charge in [0.05, 0.1) is 17.2 Å². The summed E-state index contributed by atoms with van der Waals surface area (Å²) in [6, 6.07) is 9.34. The van der Waals surface area contributed by atoms with Crippen molar-refractivity contribution in [2.75, 3.05) is 5.32 Å².